The van der Waals surface area contributed by atoms with Crippen molar-refractivity contribution in [2.75, 3.05) is 23.7 Å². The molecule has 35 heavy (non-hydrogen) atoms. The number of carbonyl (C=O) groups excluding carboxylic acids is 1. The van der Waals surface area contributed by atoms with E-state index in [0.29, 0.717) is 24.4 Å². The summed E-state index contributed by atoms with van der Waals surface area (Å²) in [6.07, 6.45) is 1.18. The molecule has 0 saturated carbocycles. The van der Waals surface area contributed by atoms with Crippen molar-refractivity contribution in [3.05, 3.63) is 95.1 Å². The van der Waals surface area contributed by atoms with Gasteiger partial charge in [-0.15, -0.1) is 0 Å². The minimum atomic E-state index is -3.50. The van der Waals surface area contributed by atoms with Gasteiger partial charge >= 0.3 is 0 Å². The Morgan fingerprint density at radius 3 is 2.17 bits per heavy atom. The first-order valence-electron chi connectivity index (χ1n) is 11.6. The zero-order valence-corrected chi connectivity index (χ0v) is 21.9. The van der Waals surface area contributed by atoms with Crippen LogP contribution in [0.5, 0.6) is 5.75 Å². The SMILES string of the molecule is Cc1ccc(CN(c2ccc(C(=O)NCCOc3ccccc3C(C)(C)C)cc2)S(C)(=O)=O)cc1. The molecule has 0 fully saturated rings. The van der Waals surface area contributed by atoms with Crippen LogP contribution in [0.4, 0.5) is 5.69 Å². The summed E-state index contributed by atoms with van der Waals surface area (Å²) in [5.41, 5.74) is 4.03. The van der Waals surface area contributed by atoms with E-state index in [0.717, 1.165) is 22.4 Å². The molecule has 0 bridgehead atoms. The smallest absolute Gasteiger partial charge is 0.251 e. The molecule has 1 amide bonds. The third-order valence-electron chi connectivity index (χ3n) is 5.60. The second-order valence-corrected chi connectivity index (χ2v) is 11.6. The Balaban J connectivity index is 1.60. The van der Waals surface area contributed by atoms with E-state index in [-0.39, 0.29) is 17.9 Å². The van der Waals surface area contributed by atoms with Crippen molar-refractivity contribution in [2.24, 2.45) is 0 Å². The van der Waals surface area contributed by atoms with E-state index in [1.165, 1.54) is 10.6 Å². The molecule has 6 nitrogen and oxygen atoms in total. The molecule has 3 rings (SSSR count). The second kappa shape index (κ2) is 11.0. The van der Waals surface area contributed by atoms with E-state index in [2.05, 4.69) is 26.1 Å². The number of ether oxygens (including phenoxy) is 1. The molecule has 0 radical (unpaired) electrons. The van der Waals surface area contributed by atoms with E-state index >= 15 is 0 Å². The van der Waals surface area contributed by atoms with Crippen LogP contribution >= 0.6 is 0 Å². The quantitative estimate of drug-likeness (QED) is 0.422. The fraction of sp³-hybridized carbons (Fsp3) is 0.321. The number of rotatable bonds is 9. The average Bonchev–Trinajstić information content (AvgIpc) is 2.80. The first-order valence-corrected chi connectivity index (χ1v) is 13.4. The zero-order chi connectivity index (χ0) is 25.6. The Hall–Kier alpha value is -3.32. The summed E-state index contributed by atoms with van der Waals surface area (Å²) in [6, 6.07) is 22.2. The lowest BCUT2D eigenvalue weighted by Crippen LogP contribution is -2.30. The number of hydrogen-bond acceptors (Lipinski definition) is 4. The van der Waals surface area contributed by atoms with Gasteiger partial charge in [0.25, 0.3) is 5.91 Å². The number of benzene rings is 3. The summed E-state index contributed by atoms with van der Waals surface area (Å²) in [7, 11) is -3.50. The Bertz CT molecular complexity index is 1250. The molecular formula is C28H34N2O4S. The standard InChI is InChI=1S/C28H34N2O4S/c1-21-10-12-22(13-11-21)20-30(35(5,32)33)24-16-14-23(15-17-24)27(31)29-18-19-34-26-9-7-6-8-25(26)28(2,3)4/h6-17H,18-20H2,1-5H3,(H,29,31). The van der Waals surface area contributed by atoms with Crippen LogP contribution in [0.25, 0.3) is 0 Å². The van der Waals surface area contributed by atoms with E-state index in [1.54, 1.807) is 24.3 Å². The first-order chi connectivity index (χ1) is 16.4. The zero-order valence-electron chi connectivity index (χ0n) is 21.0. The number of carbonyl (C=O) groups is 1. The van der Waals surface area contributed by atoms with E-state index < -0.39 is 10.0 Å². The summed E-state index contributed by atoms with van der Waals surface area (Å²) in [5.74, 6) is 0.571. The predicted octanol–water partition coefficient (Wildman–Crippen LogP) is 5.07. The lowest BCUT2D eigenvalue weighted by atomic mass is 9.86. The van der Waals surface area contributed by atoms with Gasteiger partial charge in [-0.05, 0) is 53.8 Å². The fourth-order valence-corrected chi connectivity index (χ4v) is 4.57. The van der Waals surface area contributed by atoms with Crippen LogP contribution in [0.2, 0.25) is 0 Å². The van der Waals surface area contributed by atoms with E-state index in [1.807, 2.05) is 55.5 Å². The topological polar surface area (TPSA) is 75.7 Å². The summed E-state index contributed by atoms with van der Waals surface area (Å²) < 4.78 is 32.1. The molecule has 0 aliphatic rings. The molecule has 1 N–H and O–H groups in total. The van der Waals surface area contributed by atoms with Gasteiger partial charge in [0.2, 0.25) is 10.0 Å². The molecule has 0 aromatic heterocycles. The Morgan fingerprint density at radius 1 is 0.943 bits per heavy atom. The van der Waals surface area contributed by atoms with Crippen LogP contribution in [0, 0.1) is 6.92 Å². The maximum Gasteiger partial charge on any atom is 0.251 e. The average molecular weight is 495 g/mol. The summed E-state index contributed by atoms with van der Waals surface area (Å²) >= 11 is 0. The molecule has 0 aliphatic heterocycles. The molecule has 186 valence electrons. The van der Waals surface area contributed by atoms with Gasteiger partial charge in [-0.3, -0.25) is 9.10 Å². The van der Waals surface area contributed by atoms with Gasteiger partial charge in [0.05, 0.1) is 25.0 Å². The maximum atomic E-state index is 12.6. The lowest BCUT2D eigenvalue weighted by Gasteiger charge is -2.23. The highest BCUT2D eigenvalue weighted by atomic mass is 32.2. The van der Waals surface area contributed by atoms with E-state index in [9.17, 15) is 13.2 Å². The van der Waals surface area contributed by atoms with Gasteiger partial charge in [0, 0.05) is 5.56 Å². The fourth-order valence-electron chi connectivity index (χ4n) is 3.68. The van der Waals surface area contributed by atoms with E-state index in [4.69, 9.17) is 4.74 Å². The van der Waals surface area contributed by atoms with Gasteiger partial charge in [0.15, 0.2) is 0 Å². The maximum absolute atomic E-state index is 12.6. The lowest BCUT2D eigenvalue weighted by molar-refractivity contribution is 0.0947. The minimum absolute atomic E-state index is 0.0408. The van der Waals surface area contributed by atoms with Crippen molar-refractivity contribution >= 4 is 21.6 Å². The van der Waals surface area contributed by atoms with Crippen LogP contribution in [-0.4, -0.2) is 33.7 Å². The van der Waals surface area contributed by atoms with Gasteiger partial charge in [0.1, 0.15) is 12.4 Å². The molecule has 0 saturated heterocycles. The summed E-state index contributed by atoms with van der Waals surface area (Å²) in [4.78, 5) is 12.6. The minimum Gasteiger partial charge on any atom is -0.491 e. The molecular weight excluding hydrogens is 460 g/mol. The third-order valence-corrected chi connectivity index (χ3v) is 6.75. The van der Waals surface area contributed by atoms with Crippen LogP contribution in [0.1, 0.15) is 47.8 Å². The number of aryl methyl sites for hydroxylation is 1. The van der Waals surface area contributed by atoms with Crippen molar-refractivity contribution in [1.29, 1.82) is 0 Å². The number of sulfonamides is 1. The third kappa shape index (κ3) is 7.33. The van der Waals surface area contributed by atoms with Crippen LogP contribution in [0.15, 0.2) is 72.8 Å². The van der Waals surface area contributed by atoms with Crippen molar-refractivity contribution < 1.29 is 17.9 Å². The number of nitrogens with one attached hydrogen (secondary N) is 1. The normalized spacial score (nSPS) is 11.7. The van der Waals surface area contributed by atoms with Crippen LogP contribution < -0.4 is 14.4 Å². The number of para-hydroxylation sites is 1. The highest BCUT2D eigenvalue weighted by Gasteiger charge is 2.19. The second-order valence-electron chi connectivity index (χ2n) is 9.65. The first kappa shape index (κ1) is 26.3. The monoisotopic (exact) mass is 494 g/mol. The number of anilines is 1. The molecule has 0 unspecified atom stereocenters. The van der Waals surface area contributed by atoms with Crippen LogP contribution in [0.3, 0.4) is 0 Å². The van der Waals surface area contributed by atoms with Gasteiger partial charge < -0.3 is 10.1 Å². The predicted molar refractivity (Wildman–Crippen MR) is 142 cm³/mol. The Kier molecular flexibility index (Phi) is 8.22. The summed E-state index contributed by atoms with van der Waals surface area (Å²) in [6.45, 7) is 9.29. The molecule has 0 atom stereocenters. The molecule has 0 spiro atoms. The molecule has 3 aromatic carbocycles. The van der Waals surface area contributed by atoms with Crippen molar-refractivity contribution in [2.45, 2.75) is 39.7 Å². The van der Waals surface area contributed by atoms with Crippen molar-refractivity contribution in [1.82, 2.24) is 5.32 Å². The molecule has 0 heterocycles. The Labute approximate surface area is 209 Å². The highest BCUT2D eigenvalue weighted by Crippen LogP contribution is 2.30. The van der Waals surface area contributed by atoms with Gasteiger partial charge in [-0.2, -0.15) is 0 Å². The van der Waals surface area contributed by atoms with Gasteiger partial charge in [-0.1, -0.05) is 68.8 Å². The van der Waals surface area contributed by atoms with Crippen molar-refractivity contribution in [3.63, 3.8) is 0 Å². The number of amides is 1. The number of nitrogens with zero attached hydrogens (tertiary/aromatic N) is 1. The molecule has 0 aliphatic carbocycles. The van der Waals surface area contributed by atoms with Crippen LogP contribution in [-0.2, 0) is 22.0 Å². The molecule has 7 heteroatoms. The van der Waals surface area contributed by atoms with Gasteiger partial charge in [-0.25, -0.2) is 8.42 Å². The van der Waals surface area contributed by atoms with Crippen molar-refractivity contribution in [3.8, 4) is 5.75 Å². The largest absolute Gasteiger partial charge is 0.491 e. The number of hydrogen-bond donors (Lipinski definition) is 1. The molecule has 3 aromatic rings. The highest BCUT2D eigenvalue weighted by molar-refractivity contribution is 7.92. The Morgan fingerprint density at radius 2 is 1.57 bits per heavy atom. The summed E-state index contributed by atoms with van der Waals surface area (Å²) in [5, 5.41) is 2.86.